The van der Waals surface area contributed by atoms with Gasteiger partial charge < -0.3 is 11.1 Å². The molecular formula is C15H17ClN2OS. The van der Waals surface area contributed by atoms with Gasteiger partial charge in [-0.3, -0.25) is 4.79 Å². The third-order valence-electron chi connectivity index (χ3n) is 3.78. The third kappa shape index (κ3) is 2.87. The zero-order valence-electron chi connectivity index (χ0n) is 11.0. The maximum Gasteiger partial charge on any atom is 0.227 e. The molecule has 0 fully saturated rings. The summed E-state index contributed by atoms with van der Waals surface area (Å²) in [5.41, 5.74) is 6.94. The molecule has 1 aromatic carbocycles. The molecular weight excluding hydrogens is 292 g/mol. The van der Waals surface area contributed by atoms with Crippen LogP contribution in [0, 0.1) is 5.92 Å². The van der Waals surface area contributed by atoms with Crippen molar-refractivity contribution in [3.8, 4) is 0 Å². The minimum Gasteiger partial charge on any atom is -0.349 e. The number of thioether (sulfide) groups is 1. The van der Waals surface area contributed by atoms with Crippen LogP contribution >= 0.6 is 23.4 Å². The Morgan fingerprint density at radius 1 is 1.40 bits per heavy atom. The summed E-state index contributed by atoms with van der Waals surface area (Å²) < 4.78 is 0. The lowest BCUT2D eigenvalue weighted by Crippen LogP contribution is -2.35. The van der Waals surface area contributed by atoms with E-state index >= 15 is 0 Å². The zero-order valence-corrected chi connectivity index (χ0v) is 12.6. The molecule has 0 saturated heterocycles. The largest absolute Gasteiger partial charge is 0.349 e. The van der Waals surface area contributed by atoms with Crippen molar-refractivity contribution < 1.29 is 4.79 Å². The van der Waals surface area contributed by atoms with Crippen molar-refractivity contribution in [2.24, 2.45) is 11.7 Å². The molecule has 2 aliphatic rings. The number of nitrogens with one attached hydrogen (secondary N) is 1. The van der Waals surface area contributed by atoms with Crippen molar-refractivity contribution in [1.29, 1.82) is 0 Å². The molecule has 1 heterocycles. The maximum absolute atomic E-state index is 12.3. The number of fused-ring (bicyclic) bond motifs is 1. The lowest BCUT2D eigenvalue weighted by atomic mass is 10.0. The molecule has 5 heteroatoms. The average Bonchev–Trinajstić information content (AvgIpc) is 2.86. The molecule has 1 aliphatic carbocycles. The predicted molar refractivity (Wildman–Crippen MR) is 82.9 cm³/mol. The van der Waals surface area contributed by atoms with Crippen LogP contribution in [0.3, 0.4) is 0 Å². The fraction of sp³-hybridized carbons (Fsp3) is 0.400. The number of rotatable bonds is 2. The van der Waals surface area contributed by atoms with Gasteiger partial charge in [-0.15, -0.1) is 11.8 Å². The smallest absolute Gasteiger partial charge is 0.227 e. The lowest BCUT2D eigenvalue weighted by Gasteiger charge is -2.27. The Hall–Kier alpha value is -0.970. The second kappa shape index (κ2) is 5.80. The first kappa shape index (κ1) is 14.0. The van der Waals surface area contributed by atoms with E-state index in [4.69, 9.17) is 17.3 Å². The summed E-state index contributed by atoms with van der Waals surface area (Å²) in [6.45, 7) is 0. The second-order valence-corrected chi connectivity index (χ2v) is 6.84. The topological polar surface area (TPSA) is 55.1 Å². The highest BCUT2D eigenvalue weighted by molar-refractivity contribution is 7.99. The SMILES string of the molecule is NC1C=CC(C(=O)NC2CCSc3ccc(Cl)cc32)C1. The average molecular weight is 309 g/mol. The lowest BCUT2D eigenvalue weighted by molar-refractivity contribution is -0.124. The number of halogens is 1. The minimum atomic E-state index is -0.0952. The van der Waals surface area contributed by atoms with Gasteiger partial charge >= 0.3 is 0 Å². The molecule has 3 rings (SSSR count). The van der Waals surface area contributed by atoms with Crippen LogP contribution in [0.25, 0.3) is 0 Å². The van der Waals surface area contributed by atoms with Gasteiger partial charge in [-0.25, -0.2) is 0 Å². The van der Waals surface area contributed by atoms with Crippen LogP contribution in [-0.2, 0) is 4.79 Å². The van der Waals surface area contributed by atoms with E-state index in [1.165, 1.54) is 4.90 Å². The van der Waals surface area contributed by atoms with Crippen LogP contribution in [0.4, 0.5) is 0 Å². The van der Waals surface area contributed by atoms with Crippen molar-refractivity contribution in [1.82, 2.24) is 5.32 Å². The molecule has 0 radical (unpaired) electrons. The van der Waals surface area contributed by atoms with Crippen LogP contribution in [0.15, 0.2) is 35.2 Å². The summed E-state index contributed by atoms with van der Waals surface area (Å²) in [5.74, 6) is 0.985. The van der Waals surface area contributed by atoms with Gasteiger partial charge in [0.15, 0.2) is 0 Å². The fourth-order valence-corrected chi connectivity index (χ4v) is 4.00. The van der Waals surface area contributed by atoms with Crippen molar-refractivity contribution in [2.45, 2.75) is 29.8 Å². The van der Waals surface area contributed by atoms with Gasteiger partial charge in [-0.05, 0) is 36.6 Å². The molecule has 1 aliphatic heterocycles. The molecule has 3 N–H and O–H groups in total. The highest BCUT2D eigenvalue weighted by Gasteiger charge is 2.27. The summed E-state index contributed by atoms with van der Waals surface area (Å²) in [6, 6.07) is 5.96. The summed E-state index contributed by atoms with van der Waals surface area (Å²) in [7, 11) is 0. The Kier molecular flexibility index (Phi) is 4.06. The molecule has 0 spiro atoms. The van der Waals surface area contributed by atoms with E-state index in [0.717, 1.165) is 17.7 Å². The number of carbonyl (C=O) groups is 1. The minimum absolute atomic E-state index is 0.00870. The van der Waals surface area contributed by atoms with Gasteiger partial charge in [0.1, 0.15) is 0 Å². The van der Waals surface area contributed by atoms with Gasteiger partial charge in [0.05, 0.1) is 12.0 Å². The van der Waals surface area contributed by atoms with Gasteiger partial charge in [-0.1, -0.05) is 23.8 Å². The molecule has 106 valence electrons. The molecule has 3 nitrogen and oxygen atoms in total. The van der Waals surface area contributed by atoms with E-state index in [-0.39, 0.29) is 23.9 Å². The highest BCUT2D eigenvalue weighted by atomic mass is 35.5. The van der Waals surface area contributed by atoms with Crippen LogP contribution < -0.4 is 11.1 Å². The van der Waals surface area contributed by atoms with Gasteiger partial charge in [-0.2, -0.15) is 0 Å². The Balaban J connectivity index is 1.74. The number of carbonyl (C=O) groups excluding carboxylic acids is 1. The molecule has 20 heavy (non-hydrogen) atoms. The Morgan fingerprint density at radius 2 is 2.25 bits per heavy atom. The van der Waals surface area contributed by atoms with E-state index in [9.17, 15) is 4.79 Å². The van der Waals surface area contributed by atoms with Crippen molar-refractivity contribution in [3.63, 3.8) is 0 Å². The summed E-state index contributed by atoms with van der Waals surface area (Å²) >= 11 is 7.89. The van der Waals surface area contributed by atoms with Crippen LogP contribution in [0.2, 0.25) is 5.02 Å². The van der Waals surface area contributed by atoms with Crippen molar-refractivity contribution in [2.75, 3.05) is 5.75 Å². The van der Waals surface area contributed by atoms with Gasteiger partial charge in [0.25, 0.3) is 0 Å². The van der Waals surface area contributed by atoms with E-state index in [1.54, 1.807) is 0 Å². The van der Waals surface area contributed by atoms with Crippen LogP contribution in [0.5, 0.6) is 0 Å². The Bertz CT molecular complexity index is 561. The summed E-state index contributed by atoms with van der Waals surface area (Å²) in [5, 5.41) is 3.86. The van der Waals surface area contributed by atoms with E-state index < -0.39 is 0 Å². The number of amides is 1. The number of benzene rings is 1. The molecule has 0 aromatic heterocycles. The van der Waals surface area contributed by atoms with Gasteiger partial charge in [0, 0.05) is 21.7 Å². The molecule has 1 amide bonds. The van der Waals surface area contributed by atoms with E-state index in [2.05, 4.69) is 5.32 Å². The van der Waals surface area contributed by atoms with Crippen molar-refractivity contribution >= 4 is 29.3 Å². The monoisotopic (exact) mass is 308 g/mol. The molecule has 1 aromatic rings. The van der Waals surface area contributed by atoms with E-state index in [0.29, 0.717) is 11.4 Å². The maximum atomic E-state index is 12.3. The van der Waals surface area contributed by atoms with Crippen LogP contribution in [0.1, 0.15) is 24.4 Å². The summed E-state index contributed by atoms with van der Waals surface area (Å²) in [6.07, 6.45) is 5.46. The molecule has 3 atom stereocenters. The zero-order chi connectivity index (χ0) is 14.1. The quantitative estimate of drug-likeness (QED) is 0.826. The first-order valence-corrected chi connectivity index (χ1v) is 8.16. The Labute approximate surface area is 127 Å². The third-order valence-corrected chi connectivity index (χ3v) is 5.14. The second-order valence-electron chi connectivity index (χ2n) is 5.27. The first-order chi connectivity index (χ1) is 9.63. The standard InChI is InChI=1S/C15H17ClN2OS/c16-10-2-4-14-12(8-10)13(5-6-20-14)18-15(19)9-1-3-11(17)7-9/h1-4,8-9,11,13H,5-7,17H2,(H,18,19). The fourth-order valence-electron chi connectivity index (χ4n) is 2.72. The van der Waals surface area contributed by atoms with E-state index in [1.807, 2.05) is 42.1 Å². The normalized spacial score (nSPS) is 28.2. The first-order valence-electron chi connectivity index (χ1n) is 6.80. The molecule has 0 bridgehead atoms. The number of hydrogen-bond donors (Lipinski definition) is 2. The summed E-state index contributed by atoms with van der Waals surface area (Å²) in [4.78, 5) is 13.5. The molecule has 3 unspecified atom stereocenters. The Morgan fingerprint density at radius 3 is 3.00 bits per heavy atom. The van der Waals surface area contributed by atoms with Crippen LogP contribution in [-0.4, -0.2) is 17.7 Å². The number of nitrogens with two attached hydrogens (primary N) is 1. The predicted octanol–water partition coefficient (Wildman–Crippen LogP) is 2.90. The van der Waals surface area contributed by atoms with Gasteiger partial charge in [0.2, 0.25) is 5.91 Å². The number of hydrogen-bond acceptors (Lipinski definition) is 3. The molecule has 0 saturated carbocycles. The van der Waals surface area contributed by atoms with Crippen molar-refractivity contribution in [3.05, 3.63) is 40.9 Å². The highest BCUT2D eigenvalue weighted by Crippen LogP contribution is 2.37.